The molecule has 3 N–H and O–H groups in total. The topological polar surface area (TPSA) is 137 Å². The van der Waals surface area contributed by atoms with Crippen LogP contribution >= 0.6 is 11.3 Å². The Morgan fingerprint density at radius 3 is 2.50 bits per heavy atom. The van der Waals surface area contributed by atoms with Gasteiger partial charge in [-0.3, -0.25) is 33.7 Å². The van der Waals surface area contributed by atoms with E-state index in [9.17, 15) is 19.2 Å². The van der Waals surface area contributed by atoms with Crippen LogP contribution in [-0.4, -0.2) is 93.6 Å². The van der Waals surface area contributed by atoms with Crippen LogP contribution in [0.5, 0.6) is 0 Å². The summed E-state index contributed by atoms with van der Waals surface area (Å²) < 4.78 is 4.29. The van der Waals surface area contributed by atoms with Gasteiger partial charge >= 0.3 is 5.69 Å². The van der Waals surface area contributed by atoms with Crippen molar-refractivity contribution >= 4 is 78.3 Å². The predicted octanol–water partition coefficient (Wildman–Crippen LogP) is 4.73. The van der Waals surface area contributed by atoms with Crippen molar-refractivity contribution in [2.45, 2.75) is 82.0 Å². The van der Waals surface area contributed by atoms with Gasteiger partial charge in [-0.2, -0.15) is 0 Å². The molecule has 0 radical (unpaired) electrons. The van der Waals surface area contributed by atoms with E-state index in [-0.39, 0.29) is 35.5 Å². The minimum atomic E-state index is -0.674. The molecule has 3 amide bonds. The van der Waals surface area contributed by atoms with Crippen molar-refractivity contribution in [3.63, 3.8) is 0 Å². The number of hydrogen-bond acceptors (Lipinski definition) is 10. The van der Waals surface area contributed by atoms with Crippen LogP contribution in [0.25, 0.3) is 32.0 Å². The molecular weight excluding hydrogens is 727 g/mol. The molecule has 5 aromatic rings. The van der Waals surface area contributed by atoms with Crippen LogP contribution in [-0.2, 0) is 16.6 Å². The number of rotatable bonds is 4. The van der Waals surface area contributed by atoms with Crippen LogP contribution in [0.4, 0.5) is 17.2 Å². The van der Waals surface area contributed by atoms with Crippen molar-refractivity contribution in [3.05, 3.63) is 57.8 Å². The fourth-order valence-corrected chi connectivity index (χ4v) is 11.9. The van der Waals surface area contributed by atoms with Crippen LogP contribution in [0, 0.1) is 5.41 Å². The highest BCUT2D eigenvalue weighted by atomic mass is 32.1. The molecule has 2 spiro atoms. The Hall–Kier alpha value is -4.95. The number of nitrogens with zero attached hydrogens (tertiary/aromatic N) is 6. The molecule has 4 aliphatic heterocycles. The Labute approximate surface area is 328 Å². The Kier molecular flexibility index (Phi) is 7.52. The quantitative estimate of drug-likeness (QED) is 0.222. The van der Waals surface area contributed by atoms with Gasteiger partial charge in [-0.1, -0.05) is 0 Å². The first kappa shape index (κ1) is 34.3. The van der Waals surface area contributed by atoms with Gasteiger partial charge in [0.05, 0.1) is 22.2 Å². The Morgan fingerprint density at radius 1 is 0.893 bits per heavy atom. The number of aromatic nitrogens is 3. The average molecular weight is 774 g/mol. The van der Waals surface area contributed by atoms with Gasteiger partial charge in [-0.05, 0) is 99.7 Å². The fourth-order valence-electron chi connectivity index (χ4n) is 10.8. The van der Waals surface area contributed by atoms with Gasteiger partial charge in [0.25, 0.3) is 5.91 Å². The molecule has 3 saturated heterocycles. The van der Waals surface area contributed by atoms with E-state index >= 15 is 0 Å². The van der Waals surface area contributed by atoms with Crippen molar-refractivity contribution in [1.29, 1.82) is 0 Å². The highest BCUT2D eigenvalue weighted by Crippen LogP contribution is 2.56. The third-order valence-electron chi connectivity index (χ3n) is 14.1. The Morgan fingerprint density at radius 2 is 1.71 bits per heavy atom. The molecule has 3 aromatic heterocycles. The number of hydrogen-bond donors (Lipinski definition) is 3. The molecule has 5 fully saturated rings. The average Bonchev–Trinajstić information content (AvgIpc) is 3.80. The maximum atomic E-state index is 13.3. The zero-order chi connectivity index (χ0) is 38.1. The summed E-state index contributed by atoms with van der Waals surface area (Å²) in [6.07, 6.45) is 7.95. The molecule has 2 aromatic carbocycles. The number of fused-ring (bicyclic) bond motifs is 6. The van der Waals surface area contributed by atoms with E-state index < -0.39 is 11.9 Å². The minimum absolute atomic E-state index is 0.00232. The van der Waals surface area contributed by atoms with Gasteiger partial charge in [-0.15, -0.1) is 11.3 Å². The largest absolute Gasteiger partial charge is 0.381 e. The van der Waals surface area contributed by atoms with Crippen LogP contribution in [0.3, 0.4) is 0 Å². The van der Waals surface area contributed by atoms with E-state index in [0.29, 0.717) is 24.4 Å². The molecule has 6 aliphatic rings. The fraction of sp³-hybridized carbons (Fsp3) is 0.500. The number of imide groups is 1. The van der Waals surface area contributed by atoms with Crippen molar-refractivity contribution < 1.29 is 14.4 Å². The van der Waals surface area contributed by atoms with E-state index in [1.54, 1.807) is 27.5 Å². The van der Waals surface area contributed by atoms with Crippen LogP contribution in [0.2, 0.25) is 0 Å². The maximum absolute atomic E-state index is 13.3. The first-order valence-electron chi connectivity index (χ1n) is 20.3. The van der Waals surface area contributed by atoms with Crippen molar-refractivity contribution in [2.24, 2.45) is 12.5 Å². The summed E-state index contributed by atoms with van der Waals surface area (Å²) in [6, 6.07) is 14.8. The second-order valence-corrected chi connectivity index (χ2v) is 18.5. The molecule has 56 heavy (non-hydrogen) atoms. The molecule has 1 unspecified atom stereocenters. The third-order valence-corrected chi connectivity index (χ3v) is 15.2. The second kappa shape index (κ2) is 12.3. The van der Waals surface area contributed by atoms with E-state index in [0.717, 1.165) is 86.8 Å². The molecule has 7 heterocycles. The van der Waals surface area contributed by atoms with Crippen molar-refractivity contribution in [2.75, 3.05) is 54.4 Å². The molecule has 14 heteroatoms. The molecule has 290 valence electrons. The van der Waals surface area contributed by atoms with Crippen molar-refractivity contribution in [1.82, 2.24) is 29.7 Å². The molecular formula is C42H47N9O4S. The van der Waals surface area contributed by atoms with E-state index in [1.807, 2.05) is 13.0 Å². The number of carbonyl (C=O) groups is 3. The number of anilines is 3. The summed E-state index contributed by atoms with van der Waals surface area (Å²) in [5.74, 6) is 0.355. The highest BCUT2D eigenvalue weighted by Gasteiger charge is 2.58. The molecule has 2 saturated carbocycles. The number of benzene rings is 2. The van der Waals surface area contributed by atoms with E-state index in [1.165, 1.54) is 38.5 Å². The highest BCUT2D eigenvalue weighted by molar-refractivity contribution is 7.21. The van der Waals surface area contributed by atoms with Gasteiger partial charge < -0.3 is 20.4 Å². The van der Waals surface area contributed by atoms with Gasteiger partial charge in [0.2, 0.25) is 11.8 Å². The number of nitrogens with one attached hydrogen (secondary N) is 3. The summed E-state index contributed by atoms with van der Waals surface area (Å²) in [5.41, 5.74) is 4.99. The number of piperazine rings is 1. The third kappa shape index (κ3) is 5.24. The summed E-state index contributed by atoms with van der Waals surface area (Å²) in [7, 11) is 1.76. The van der Waals surface area contributed by atoms with Crippen LogP contribution < -0.4 is 31.4 Å². The minimum Gasteiger partial charge on any atom is -0.381 e. The van der Waals surface area contributed by atoms with E-state index in [4.69, 9.17) is 4.98 Å². The van der Waals surface area contributed by atoms with Gasteiger partial charge in [-0.25, -0.2) is 9.78 Å². The lowest BCUT2D eigenvalue weighted by atomic mass is 9.59. The summed E-state index contributed by atoms with van der Waals surface area (Å²) in [4.78, 5) is 64.4. The van der Waals surface area contributed by atoms with Crippen LogP contribution in [0.1, 0.15) is 74.0 Å². The SMILES string of the molecule is C[C@@H]1CNc2c(sc3ccc4nc(N5CCN(C6CC7(CCN(c8ccc9c(c8)n(C)c(=O)n9C8CCC(=O)NC8=O)CC7)C6)C6(CC6)C5)ccc4c23)C(=O)N1. The predicted molar refractivity (Wildman–Crippen MR) is 219 cm³/mol. The number of thiophene rings is 1. The number of amides is 3. The summed E-state index contributed by atoms with van der Waals surface area (Å²) in [6.45, 7) is 7.78. The first-order chi connectivity index (χ1) is 27.1. The molecule has 13 nitrogen and oxygen atoms in total. The summed E-state index contributed by atoms with van der Waals surface area (Å²) >= 11 is 1.55. The zero-order valence-corrected chi connectivity index (χ0v) is 32.7. The van der Waals surface area contributed by atoms with Gasteiger partial charge in [0.1, 0.15) is 16.7 Å². The van der Waals surface area contributed by atoms with Gasteiger partial charge in [0, 0.05) is 91.5 Å². The normalized spacial score (nSPS) is 25.0. The van der Waals surface area contributed by atoms with Crippen molar-refractivity contribution in [3.8, 4) is 0 Å². The van der Waals surface area contributed by atoms with Crippen LogP contribution in [0.15, 0.2) is 47.3 Å². The number of piperidine rings is 2. The lowest BCUT2D eigenvalue weighted by Crippen LogP contribution is -2.64. The lowest BCUT2D eigenvalue weighted by molar-refractivity contribution is -0.135. The standard InChI is InChI=1S/C42H47N9O4S/c1-24-22-43-36-35-27-4-9-33(45-28(27)5-8-32(35)56-37(36)39(54)44-24)49-17-18-50(42(23-49)11-12-42)26-20-41(21-26)13-15-48(16-14-41)25-3-6-29-31(19-25)47(2)40(55)51(29)30-7-10-34(52)46-38(30)53/h3-6,8-9,19,24,26,30,43H,7,10-18,20-23H2,1-2H3,(H,44,54)(H,46,52,53)/t24-,30?/m1/s1. The van der Waals surface area contributed by atoms with Gasteiger partial charge in [0.15, 0.2) is 0 Å². The van der Waals surface area contributed by atoms with E-state index in [2.05, 4.69) is 67.0 Å². The first-order valence-corrected chi connectivity index (χ1v) is 21.1. The monoisotopic (exact) mass is 773 g/mol. The second-order valence-electron chi connectivity index (χ2n) is 17.5. The molecule has 2 aliphatic carbocycles. The number of pyridine rings is 1. The lowest BCUT2D eigenvalue weighted by Gasteiger charge is -2.58. The summed E-state index contributed by atoms with van der Waals surface area (Å²) in [5, 5.41) is 11.2. The number of imidazole rings is 1. The number of carbonyl (C=O) groups excluding carboxylic acids is 3. The Balaban J connectivity index is 0.749. The molecule has 2 atom stereocenters. The molecule has 0 bridgehead atoms. The maximum Gasteiger partial charge on any atom is 0.329 e. The Bertz CT molecular complexity index is 2550. The smallest absolute Gasteiger partial charge is 0.329 e. The number of aryl methyl sites for hydroxylation is 1. The zero-order valence-electron chi connectivity index (χ0n) is 31.9. The molecule has 11 rings (SSSR count).